The number of benzene rings is 3. The number of aliphatic hydroxyl groups is 1. The highest BCUT2D eigenvalue weighted by Crippen LogP contribution is 2.45. The first kappa shape index (κ1) is 29.9. The molecule has 212 valence electrons. The summed E-state index contributed by atoms with van der Waals surface area (Å²) in [7, 11) is 0. The van der Waals surface area contributed by atoms with Gasteiger partial charge in [0.25, 0.3) is 5.91 Å². The molecule has 0 aromatic heterocycles. The van der Waals surface area contributed by atoms with E-state index >= 15 is 0 Å². The van der Waals surface area contributed by atoms with Crippen LogP contribution in [0.25, 0.3) is 0 Å². The van der Waals surface area contributed by atoms with Crippen LogP contribution in [0.3, 0.4) is 0 Å². The summed E-state index contributed by atoms with van der Waals surface area (Å²) in [6.45, 7) is 3.25. The molecule has 0 saturated carbocycles. The smallest absolute Gasteiger partial charge is 0.266 e. The third-order valence-corrected chi connectivity index (χ3v) is 7.26. The number of hydrogen-bond donors (Lipinski definition) is 3. The van der Waals surface area contributed by atoms with Gasteiger partial charge in [-0.2, -0.15) is 0 Å². The third kappa shape index (κ3) is 7.34. The predicted molar refractivity (Wildman–Crippen MR) is 159 cm³/mol. The van der Waals surface area contributed by atoms with Crippen LogP contribution in [0.15, 0.2) is 77.8 Å². The van der Waals surface area contributed by atoms with E-state index in [1.807, 2.05) is 54.6 Å². The SMILES string of the molecule is CCCCCNNC(=O)[C@@]1(Cc2ccccc2)N=C(c2ccc(OCCCO)cc2)O[C@H]1c1ccc(Cl)cc1Cl. The molecule has 0 aliphatic carbocycles. The number of rotatable bonds is 14. The summed E-state index contributed by atoms with van der Waals surface area (Å²) < 4.78 is 12.2. The van der Waals surface area contributed by atoms with Crippen LogP contribution < -0.4 is 15.6 Å². The van der Waals surface area contributed by atoms with E-state index in [2.05, 4.69) is 17.8 Å². The van der Waals surface area contributed by atoms with Crippen molar-refractivity contribution in [2.45, 2.75) is 50.7 Å². The van der Waals surface area contributed by atoms with Crippen LogP contribution >= 0.6 is 23.2 Å². The molecule has 1 amide bonds. The van der Waals surface area contributed by atoms with E-state index < -0.39 is 11.6 Å². The van der Waals surface area contributed by atoms with Crippen LogP contribution in [0, 0.1) is 0 Å². The summed E-state index contributed by atoms with van der Waals surface area (Å²) in [6, 6.07) is 22.2. The fourth-order valence-corrected chi connectivity index (χ4v) is 5.10. The van der Waals surface area contributed by atoms with E-state index in [0.717, 1.165) is 24.8 Å². The van der Waals surface area contributed by atoms with Gasteiger partial charge in [0.05, 0.1) is 6.61 Å². The molecule has 0 unspecified atom stereocenters. The van der Waals surface area contributed by atoms with E-state index in [-0.39, 0.29) is 18.9 Å². The zero-order valence-corrected chi connectivity index (χ0v) is 24.0. The fourth-order valence-electron chi connectivity index (χ4n) is 4.59. The molecule has 3 aromatic carbocycles. The topological polar surface area (TPSA) is 92.2 Å². The molecule has 4 rings (SSSR count). The lowest BCUT2D eigenvalue weighted by Crippen LogP contribution is -2.54. The number of aliphatic imine (C=N–C) groups is 1. The van der Waals surface area contributed by atoms with E-state index in [0.29, 0.717) is 52.4 Å². The van der Waals surface area contributed by atoms with Gasteiger partial charge in [-0.3, -0.25) is 10.2 Å². The average molecular weight is 585 g/mol. The van der Waals surface area contributed by atoms with Gasteiger partial charge in [0.2, 0.25) is 5.90 Å². The van der Waals surface area contributed by atoms with Crippen LogP contribution in [0.2, 0.25) is 10.0 Å². The van der Waals surface area contributed by atoms with Crippen molar-refractivity contribution in [2.75, 3.05) is 19.8 Å². The Kier molecular flexibility index (Phi) is 10.8. The molecule has 0 saturated heterocycles. The highest BCUT2D eigenvalue weighted by Gasteiger charge is 2.54. The highest BCUT2D eigenvalue weighted by atomic mass is 35.5. The van der Waals surface area contributed by atoms with Crippen molar-refractivity contribution in [1.82, 2.24) is 10.9 Å². The van der Waals surface area contributed by atoms with Gasteiger partial charge < -0.3 is 14.6 Å². The van der Waals surface area contributed by atoms with E-state index in [9.17, 15) is 4.79 Å². The first-order valence-corrected chi connectivity index (χ1v) is 14.3. The van der Waals surface area contributed by atoms with Gasteiger partial charge in [0.15, 0.2) is 11.6 Å². The summed E-state index contributed by atoms with van der Waals surface area (Å²) in [6.07, 6.45) is 3.10. The van der Waals surface area contributed by atoms with Gasteiger partial charge in [0, 0.05) is 47.2 Å². The molecule has 3 aromatic rings. The number of hydrazine groups is 1. The Bertz CT molecular complexity index is 1290. The van der Waals surface area contributed by atoms with Gasteiger partial charge in [-0.15, -0.1) is 0 Å². The number of carbonyl (C=O) groups excluding carboxylic acids is 1. The van der Waals surface area contributed by atoms with Crippen molar-refractivity contribution in [1.29, 1.82) is 0 Å². The molecule has 0 bridgehead atoms. The predicted octanol–water partition coefficient (Wildman–Crippen LogP) is 6.07. The Labute approximate surface area is 245 Å². The molecular weight excluding hydrogens is 549 g/mol. The summed E-state index contributed by atoms with van der Waals surface area (Å²) >= 11 is 12.9. The number of aliphatic hydroxyl groups excluding tert-OH is 1. The second-order valence-corrected chi connectivity index (χ2v) is 10.5. The van der Waals surface area contributed by atoms with E-state index in [4.69, 9.17) is 42.8 Å². The summed E-state index contributed by atoms with van der Waals surface area (Å²) in [4.78, 5) is 19.1. The van der Waals surface area contributed by atoms with Crippen molar-refractivity contribution in [3.8, 4) is 5.75 Å². The number of nitrogens with zero attached hydrogens (tertiary/aromatic N) is 1. The Morgan fingerprint density at radius 1 is 1.05 bits per heavy atom. The Hall–Kier alpha value is -3.10. The molecule has 1 aliphatic rings. The largest absolute Gasteiger partial charge is 0.494 e. The number of unbranched alkanes of at least 4 members (excludes halogenated alkanes) is 2. The zero-order chi connectivity index (χ0) is 28.4. The number of nitrogens with one attached hydrogen (secondary N) is 2. The van der Waals surface area contributed by atoms with Crippen molar-refractivity contribution in [2.24, 2.45) is 4.99 Å². The molecule has 0 spiro atoms. The highest BCUT2D eigenvalue weighted by molar-refractivity contribution is 6.35. The minimum Gasteiger partial charge on any atom is -0.494 e. The first-order chi connectivity index (χ1) is 19.5. The maximum absolute atomic E-state index is 14.1. The van der Waals surface area contributed by atoms with Crippen LogP contribution in [0.4, 0.5) is 0 Å². The Balaban J connectivity index is 1.73. The number of halogens is 2. The lowest BCUT2D eigenvalue weighted by molar-refractivity contribution is -0.130. The zero-order valence-electron chi connectivity index (χ0n) is 22.5. The summed E-state index contributed by atoms with van der Waals surface area (Å²) in [5, 5.41) is 9.89. The molecule has 40 heavy (non-hydrogen) atoms. The van der Waals surface area contributed by atoms with Crippen LogP contribution in [-0.4, -0.2) is 42.2 Å². The van der Waals surface area contributed by atoms with Gasteiger partial charge in [-0.25, -0.2) is 10.4 Å². The minimum atomic E-state index is -1.36. The lowest BCUT2D eigenvalue weighted by Gasteiger charge is -2.31. The van der Waals surface area contributed by atoms with Crippen molar-refractivity contribution in [3.05, 3.63) is 99.5 Å². The van der Waals surface area contributed by atoms with Gasteiger partial charge >= 0.3 is 0 Å². The molecule has 7 nitrogen and oxygen atoms in total. The molecule has 1 heterocycles. The summed E-state index contributed by atoms with van der Waals surface area (Å²) in [5.74, 6) is 0.676. The maximum atomic E-state index is 14.1. The number of hydrogen-bond acceptors (Lipinski definition) is 6. The standard InChI is InChI=1S/C31H35Cl2N3O4/c1-2-3-7-17-34-36-30(38)31(21-22-9-5-4-6-10-22)28(26-16-13-24(32)20-27(26)33)40-29(35-31)23-11-14-25(15-12-23)39-19-8-18-37/h4-6,9-16,20,28,34,37H,2-3,7-8,17-19,21H2,1H3,(H,36,38)/t28-,31-/m0/s1. The van der Waals surface area contributed by atoms with E-state index in [1.165, 1.54) is 0 Å². The van der Waals surface area contributed by atoms with Crippen molar-refractivity contribution in [3.63, 3.8) is 0 Å². The number of ether oxygens (including phenoxy) is 2. The minimum absolute atomic E-state index is 0.0659. The average Bonchev–Trinajstić information content (AvgIpc) is 3.34. The first-order valence-electron chi connectivity index (χ1n) is 13.6. The molecule has 1 aliphatic heterocycles. The molecule has 9 heteroatoms. The van der Waals surface area contributed by atoms with Crippen molar-refractivity contribution >= 4 is 35.0 Å². The van der Waals surface area contributed by atoms with Gasteiger partial charge in [-0.05, 0) is 48.4 Å². The van der Waals surface area contributed by atoms with Crippen molar-refractivity contribution < 1.29 is 19.4 Å². The van der Waals surface area contributed by atoms with Crippen LogP contribution in [0.5, 0.6) is 5.75 Å². The second kappa shape index (κ2) is 14.5. The number of amides is 1. The van der Waals surface area contributed by atoms with Gasteiger partial charge in [-0.1, -0.05) is 79.4 Å². The fraction of sp³-hybridized carbons (Fsp3) is 0.355. The van der Waals surface area contributed by atoms with Gasteiger partial charge in [0.1, 0.15) is 5.75 Å². The Morgan fingerprint density at radius 2 is 1.82 bits per heavy atom. The van der Waals surface area contributed by atoms with E-state index in [1.54, 1.807) is 18.2 Å². The lowest BCUT2D eigenvalue weighted by atomic mass is 9.82. The number of carbonyl (C=O) groups is 1. The summed E-state index contributed by atoms with van der Waals surface area (Å²) in [5.41, 5.74) is 6.86. The third-order valence-electron chi connectivity index (χ3n) is 6.70. The maximum Gasteiger partial charge on any atom is 0.266 e. The monoisotopic (exact) mass is 583 g/mol. The molecular formula is C31H35Cl2N3O4. The van der Waals surface area contributed by atoms with Crippen LogP contribution in [0.1, 0.15) is 55.4 Å². The molecule has 3 N–H and O–H groups in total. The normalized spacial score (nSPS) is 18.2. The Morgan fingerprint density at radius 3 is 2.52 bits per heavy atom. The second-order valence-electron chi connectivity index (χ2n) is 9.71. The van der Waals surface area contributed by atoms with Crippen LogP contribution in [-0.2, 0) is 16.0 Å². The molecule has 0 fully saturated rings. The molecule has 0 radical (unpaired) electrons. The molecule has 2 atom stereocenters. The quantitative estimate of drug-likeness (QED) is 0.158.